The highest BCUT2D eigenvalue weighted by molar-refractivity contribution is 5.94. The smallest absolute Gasteiger partial charge is 0.305 e. The number of methoxy groups -OCH3 is 1. The molecule has 1 rings (SSSR count). The van der Waals surface area contributed by atoms with Gasteiger partial charge < -0.3 is 14.7 Å². The Hall–Kier alpha value is -1.88. The zero-order valence-electron chi connectivity index (χ0n) is 13.0. The van der Waals surface area contributed by atoms with Gasteiger partial charge in [0.05, 0.1) is 13.0 Å². The molecule has 1 amide bonds. The van der Waals surface area contributed by atoms with Gasteiger partial charge in [-0.05, 0) is 38.5 Å². The molecule has 116 valence electrons. The molecule has 0 fully saturated rings. The number of rotatable bonds is 6. The van der Waals surface area contributed by atoms with Crippen LogP contribution in [0.3, 0.4) is 0 Å². The van der Waals surface area contributed by atoms with Crippen LogP contribution in [0, 0.1) is 0 Å². The molecule has 1 aromatic carbocycles. The molecule has 0 aliphatic heterocycles. The van der Waals surface area contributed by atoms with E-state index in [1.54, 1.807) is 24.1 Å². The molecule has 0 radical (unpaired) electrons. The van der Waals surface area contributed by atoms with Gasteiger partial charge in [-0.1, -0.05) is 12.1 Å². The molecule has 0 heterocycles. The van der Waals surface area contributed by atoms with Crippen molar-refractivity contribution in [2.45, 2.75) is 39.3 Å². The lowest BCUT2D eigenvalue weighted by molar-refractivity contribution is -0.137. The molecule has 1 aromatic rings. The Kier molecular flexibility index (Phi) is 5.90. The van der Waals surface area contributed by atoms with Crippen LogP contribution in [-0.2, 0) is 16.1 Å². The molecule has 0 aliphatic rings. The van der Waals surface area contributed by atoms with Crippen LogP contribution in [0.4, 0.5) is 0 Å². The number of amides is 1. The fourth-order valence-electron chi connectivity index (χ4n) is 2.02. The fourth-order valence-corrected chi connectivity index (χ4v) is 2.02. The Labute approximate surface area is 125 Å². The molecule has 0 unspecified atom stereocenters. The average Bonchev–Trinajstić information content (AvgIpc) is 2.38. The summed E-state index contributed by atoms with van der Waals surface area (Å²) in [5.74, 6) is -1.07. The molecule has 0 bridgehead atoms. The van der Waals surface area contributed by atoms with Crippen LogP contribution in [0.2, 0.25) is 0 Å². The van der Waals surface area contributed by atoms with Crippen molar-refractivity contribution in [3.05, 3.63) is 35.4 Å². The quantitative estimate of drug-likeness (QED) is 0.875. The number of hydrogen-bond donors (Lipinski definition) is 1. The fraction of sp³-hybridized carbons (Fsp3) is 0.500. The Morgan fingerprint density at radius 3 is 2.19 bits per heavy atom. The van der Waals surface area contributed by atoms with Crippen molar-refractivity contribution in [2.75, 3.05) is 13.7 Å². The van der Waals surface area contributed by atoms with E-state index in [4.69, 9.17) is 9.84 Å². The third-order valence-corrected chi connectivity index (χ3v) is 3.12. The van der Waals surface area contributed by atoms with Gasteiger partial charge in [0.1, 0.15) is 0 Å². The Morgan fingerprint density at radius 1 is 1.19 bits per heavy atom. The molecule has 0 saturated carbocycles. The first-order valence-corrected chi connectivity index (χ1v) is 6.87. The molecule has 0 atom stereocenters. The number of ether oxygens (including phenoxy) is 1. The summed E-state index contributed by atoms with van der Waals surface area (Å²) in [6.45, 7) is 6.37. The molecule has 21 heavy (non-hydrogen) atoms. The maximum Gasteiger partial charge on any atom is 0.305 e. The molecule has 1 N–H and O–H groups in total. The lowest BCUT2D eigenvalue weighted by Crippen LogP contribution is -2.46. The maximum atomic E-state index is 12.6. The van der Waals surface area contributed by atoms with Crippen molar-refractivity contribution in [3.63, 3.8) is 0 Å². The third kappa shape index (κ3) is 5.19. The van der Waals surface area contributed by atoms with Gasteiger partial charge in [0.2, 0.25) is 0 Å². The number of carboxylic acid groups (broad SMARTS) is 1. The largest absolute Gasteiger partial charge is 0.481 e. The van der Waals surface area contributed by atoms with Crippen LogP contribution in [0.5, 0.6) is 0 Å². The van der Waals surface area contributed by atoms with Gasteiger partial charge in [-0.25, -0.2) is 0 Å². The molecule has 0 aromatic heterocycles. The number of carbonyl (C=O) groups excluding carboxylic acids is 1. The molecular formula is C16H23NO4. The lowest BCUT2D eigenvalue weighted by atomic mass is 10.0. The van der Waals surface area contributed by atoms with Gasteiger partial charge in [-0.3, -0.25) is 9.59 Å². The number of benzene rings is 1. The second-order valence-electron chi connectivity index (χ2n) is 5.90. The minimum atomic E-state index is -0.910. The molecule has 0 saturated heterocycles. The Balaban J connectivity index is 2.91. The summed E-state index contributed by atoms with van der Waals surface area (Å²) in [4.78, 5) is 24.9. The molecule has 5 nitrogen and oxygen atoms in total. The highest BCUT2D eigenvalue weighted by Crippen LogP contribution is 2.18. The van der Waals surface area contributed by atoms with Crippen LogP contribution < -0.4 is 0 Å². The highest BCUT2D eigenvalue weighted by atomic mass is 16.5. The van der Waals surface area contributed by atoms with Crippen molar-refractivity contribution in [2.24, 2.45) is 0 Å². The standard InChI is InChI=1S/C16H23NO4/c1-16(2,3)17(10-9-14(18)19)15(20)13-7-5-12(6-8-13)11-21-4/h5-8H,9-11H2,1-4H3,(H,18,19). The van der Waals surface area contributed by atoms with Crippen molar-refractivity contribution >= 4 is 11.9 Å². The summed E-state index contributed by atoms with van der Waals surface area (Å²) in [5, 5.41) is 8.82. The number of hydrogen-bond acceptors (Lipinski definition) is 3. The van der Waals surface area contributed by atoms with E-state index in [0.717, 1.165) is 5.56 Å². The van der Waals surface area contributed by atoms with E-state index >= 15 is 0 Å². The normalized spacial score (nSPS) is 11.2. The van der Waals surface area contributed by atoms with Gasteiger partial charge in [0, 0.05) is 24.8 Å². The second kappa shape index (κ2) is 7.22. The SMILES string of the molecule is COCc1ccc(C(=O)N(CCC(=O)O)C(C)(C)C)cc1. The number of carboxylic acids is 1. The first kappa shape index (κ1) is 17.2. The molecule has 0 aliphatic carbocycles. The van der Waals surface area contributed by atoms with Gasteiger partial charge in [0.25, 0.3) is 5.91 Å². The molecule has 5 heteroatoms. The number of nitrogens with zero attached hydrogens (tertiary/aromatic N) is 1. The third-order valence-electron chi connectivity index (χ3n) is 3.12. The predicted molar refractivity (Wildman–Crippen MR) is 80.2 cm³/mol. The van der Waals surface area contributed by atoms with Crippen molar-refractivity contribution in [3.8, 4) is 0 Å². The topological polar surface area (TPSA) is 66.8 Å². The zero-order chi connectivity index (χ0) is 16.0. The van der Waals surface area contributed by atoms with E-state index in [2.05, 4.69) is 0 Å². The Bertz CT molecular complexity index is 488. The van der Waals surface area contributed by atoms with Gasteiger partial charge >= 0.3 is 5.97 Å². The first-order chi connectivity index (χ1) is 9.75. The van der Waals surface area contributed by atoms with Crippen LogP contribution in [0.25, 0.3) is 0 Å². The van der Waals surface area contributed by atoms with E-state index in [0.29, 0.717) is 12.2 Å². The second-order valence-corrected chi connectivity index (χ2v) is 5.90. The predicted octanol–water partition coefficient (Wildman–Crippen LogP) is 2.55. The summed E-state index contributed by atoms with van der Waals surface area (Å²) in [6.07, 6.45) is -0.0647. The number of aliphatic carboxylic acids is 1. The van der Waals surface area contributed by atoms with Gasteiger partial charge in [0.15, 0.2) is 0 Å². The van der Waals surface area contributed by atoms with Crippen LogP contribution in [0.1, 0.15) is 43.1 Å². The van der Waals surface area contributed by atoms with Crippen molar-refractivity contribution in [1.82, 2.24) is 4.90 Å². The number of carbonyl (C=O) groups is 2. The van der Waals surface area contributed by atoms with E-state index in [9.17, 15) is 9.59 Å². The Morgan fingerprint density at radius 2 is 1.76 bits per heavy atom. The minimum Gasteiger partial charge on any atom is -0.481 e. The maximum absolute atomic E-state index is 12.6. The summed E-state index contributed by atoms with van der Waals surface area (Å²) in [7, 11) is 1.62. The first-order valence-electron chi connectivity index (χ1n) is 6.87. The van der Waals surface area contributed by atoms with Crippen LogP contribution in [-0.4, -0.2) is 41.1 Å². The van der Waals surface area contributed by atoms with Crippen molar-refractivity contribution < 1.29 is 19.4 Å². The summed E-state index contributed by atoms with van der Waals surface area (Å²) in [5.41, 5.74) is 1.11. The summed E-state index contributed by atoms with van der Waals surface area (Å²) in [6, 6.07) is 7.18. The van der Waals surface area contributed by atoms with E-state index in [-0.39, 0.29) is 18.9 Å². The van der Waals surface area contributed by atoms with Crippen LogP contribution >= 0.6 is 0 Å². The zero-order valence-corrected chi connectivity index (χ0v) is 13.0. The molecule has 0 spiro atoms. The minimum absolute atomic E-state index is 0.0647. The van der Waals surface area contributed by atoms with Gasteiger partial charge in [-0.15, -0.1) is 0 Å². The summed E-state index contributed by atoms with van der Waals surface area (Å²) < 4.78 is 5.03. The van der Waals surface area contributed by atoms with E-state index in [1.165, 1.54) is 0 Å². The monoisotopic (exact) mass is 293 g/mol. The van der Waals surface area contributed by atoms with Crippen molar-refractivity contribution in [1.29, 1.82) is 0 Å². The van der Waals surface area contributed by atoms with Gasteiger partial charge in [-0.2, -0.15) is 0 Å². The highest BCUT2D eigenvalue weighted by Gasteiger charge is 2.27. The summed E-state index contributed by atoms with van der Waals surface area (Å²) >= 11 is 0. The lowest BCUT2D eigenvalue weighted by Gasteiger charge is -2.35. The molecular weight excluding hydrogens is 270 g/mol. The van der Waals surface area contributed by atoms with E-state index < -0.39 is 11.5 Å². The van der Waals surface area contributed by atoms with E-state index in [1.807, 2.05) is 32.9 Å². The average molecular weight is 293 g/mol. The van der Waals surface area contributed by atoms with Crippen LogP contribution in [0.15, 0.2) is 24.3 Å².